The molecule has 21 heavy (non-hydrogen) atoms. The zero-order chi connectivity index (χ0) is 14.9. The van der Waals surface area contributed by atoms with Crippen molar-refractivity contribution in [1.29, 1.82) is 0 Å². The van der Waals surface area contributed by atoms with Gasteiger partial charge in [-0.1, -0.05) is 42.3 Å². The minimum absolute atomic E-state index is 0.120. The zero-order valence-electron chi connectivity index (χ0n) is 11.5. The number of hydrazone groups is 1. The number of para-hydroxylation sites is 1. The summed E-state index contributed by atoms with van der Waals surface area (Å²) >= 11 is 1.12. The fourth-order valence-electron chi connectivity index (χ4n) is 1.46. The molecule has 2 aromatic rings. The van der Waals surface area contributed by atoms with E-state index in [9.17, 15) is 4.79 Å². The van der Waals surface area contributed by atoms with Gasteiger partial charge in [-0.2, -0.15) is 5.10 Å². The second-order valence-corrected chi connectivity index (χ2v) is 4.94. The third kappa shape index (κ3) is 5.17. The number of anilines is 1. The predicted molar refractivity (Wildman–Crippen MR) is 89.1 cm³/mol. The number of benzene rings is 2. The number of ketones is 1. The van der Waals surface area contributed by atoms with E-state index in [0.717, 1.165) is 23.0 Å². The Labute approximate surface area is 128 Å². The van der Waals surface area contributed by atoms with E-state index in [1.54, 1.807) is 0 Å². The van der Waals surface area contributed by atoms with Crippen LogP contribution in [0.4, 0.5) is 5.69 Å². The van der Waals surface area contributed by atoms with Crippen LogP contribution in [0.15, 0.2) is 65.8 Å². The van der Waals surface area contributed by atoms with Crippen LogP contribution in [0.2, 0.25) is 0 Å². The van der Waals surface area contributed by atoms with Crippen molar-refractivity contribution in [3.05, 3.63) is 66.2 Å². The number of hydrogen-bond donors (Lipinski definition) is 1. The van der Waals surface area contributed by atoms with Gasteiger partial charge in [0.15, 0.2) is 10.8 Å². The molecule has 0 atom stereocenters. The van der Waals surface area contributed by atoms with Gasteiger partial charge >= 0.3 is 0 Å². The van der Waals surface area contributed by atoms with Crippen LogP contribution >= 0.6 is 11.8 Å². The van der Waals surface area contributed by atoms with E-state index in [-0.39, 0.29) is 5.78 Å². The van der Waals surface area contributed by atoms with Crippen LogP contribution in [0.3, 0.4) is 0 Å². The molecule has 0 radical (unpaired) electrons. The first kappa shape index (κ1) is 14.9. The van der Waals surface area contributed by atoms with Gasteiger partial charge in [0.1, 0.15) is 0 Å². The van der Waals surface area contributed by atoms with Crippen molar-refractivity contribution in [3.63, 3.8) is 0 Å². The summed E-state index contributed by atoms with van der Waals surface area (Å²) in [5.74, 6) is 2.86. The first-order chi connectivity index (χ1) is 10.3. The van der Waals surface area contributed by atoms with Crippen molar-refractivity contribution in [3.8, 4) is 11.2 Å². The predicted octanol–water partition coefficient (Wildman–Crippen LogP) is 3.74. The van der Waals surface area contributed by atoms with Crippen molar-refractivity contribution < 1.29 is 4.79 Å². The van der Waals surface area contributed by atoms with Crippen LogP contribution in [0.25, 0.3) is 0 Å². The SMILES string of the molecule is CC(=O)C(=NNc1ccccc1)SC#Cc1ccccc1. The van der Waals surface area contributed by atoms with E-state index in [0.29, 0.717) is 5.04 Å². The average Bonchev–Trinajstić information content (AvgIpc) is 2.52. The van der Waals surface area contributed by atoms with Crippen molar-refractivity contribution in [2.45, 2.75) is 6.92 Å². The molecule has 0 saturated carbocycles. The Morgan fingerprint density at radius 1 is 1.05 bits per heavy atom. The summed E-state index contributed by atoms with van der Waals surface area (Å²) in [6, 6.07) is 19.1. The summed E-state index contributed by atoms with van der Waals surface area (Å²) in [6.45, 7) is 1.47. The Bertz CT molecular complexity index is 685. The van der Waals surface area contributed by atoms with Gasteiger partial charge in [-0.3, -0.25) is 10.2 Å². The highest BCUT2D eigenvalue weighted by atomic mass is 32.2. The first-order valence-electron chi connectivity index (χ1n) is 6.38. The number of hydrogen-bond acceptors (Lipinski definition) is 4. The molecule has 0 aliphatic rings. The molecule has 0 aliphatic heterocycles. The molecule has 0 amide bonds. The van der Waals surface area contributed by atoms with Gasteiger partial charge in [0.25, 0.3) is 0 Å². The maximum atomic E-state index is 11.5. The Kier molecular flexibility index (Phi) is 5.62. The number of Topliss-reactive ketones (excluding diaryl/α,β-unsaturated/α-hetero) is 1. The molecule has 0 aromatic heterocycles. The summed E-state index contributed by atoms with van der Waals surface area (Å²) < 4.78 is 0. The van der Waals surface area contributed by atoms with Gasteiger partial charge in [-0.25, -0.2) is 0 Å². The average molecular weight is 294 g/mol. The molecule has 0 fully saturated rings. The number of rotatable bonds is 3. The lowest BCUT2D eigenvalue weighted by Gasteiger charge is -2.01. The molecule has 1 N–H and O–H groups in total. The number of nitrogens with one attached hydrogen (secondary N) is 1. The number of nitrogens with zero attached hydrogens (tertiary/aromatic N) is 1. The Morgan fingerprint density at radius 2 is 1.67 bits per heavy atom. The monoisotopic (exact) mass is 294 g/mol. The third-order valence-electron chi connectivity index (χ3n) is 2.48. The number of carbonyl (C=O) groups is 1. The minimum atomic E-state index is -0.120. The molecule has 2 aromatic carbocycles. The van der Waals surface area contributed by atoms with E-state index in [4.69, 9.17) is 0 Å². The zero-order valence-corrected chi connectivity index (χ0v) is 12.4. The number of carbonyl (C=O) groups excluding carboxylic acids is 1. The molecule has 104 valence electrons. The van der Waals surface area contributed by atoms with E-state index < -0.39 is 0 Å². The molecule has 0 spiro atoms. The molecule has 0 unspecified atom stereocenters. The fraction of sp³-hybridized carbons (Fsp3) is 0.0588. The summed E-state index contributed by atoms with van der Waals surface area (Å²) in [4.78, 5) is 11.5. The highest BCUT2D eigenvalue weighted by molar-refractivity contribution is 8.19. The van der Waals surface area contributed by atoms with E-state index in [1.165, 1.54) is 6.92 Å². The smallest absolute Gasteiger partial charge is 0.187 e. The topological polar surface area (TPSA) is 41.5 Å². The standard InChI is InChI=1S/C17H14N2OS/c1-14(20)17(19-18-16-10-6-3-7-11-16)21-13-12-15-8-4-2-5-9-15/h2-11,18H,1H3. The van der Waals surface area contributed by atoms with Gasteiger partial charge in [0, 0.05) is 12.5 Å². The van der Waals surface area contributed by atoms with Gasteiger partial charge in [0.2, 0.25) is 0 Å². The molecule has 4 heteroatoms. The van der Waals surface area contributed by atoms with E-state index >= 15 is 0 Å². The Hall–Kier alpha value is -2.51. The molecule has 0 heterocycles. The van der Waals surface area contributed by atoms with Crippen LogP contribution in [0, 0.1) is 11.2 Å². The second kappa shape index (κ2) is 7.93. The van der Waals surface area contributed by atoms with Gasteiger partial charge in [0.05, 0.1) is 5.69 Å². The van der Waals surface area contributed by atoms with E-state index in [1.807, 2.05) is 60.7 Å². The molecular weight excluding hydrogens is 280 g/mol. The molecule has 0 saturated heterocycles. The summed E-state index contributed by atoms with van der Waals surface area (Å²) in [5.41, 5.74) is 4.59. The van der Waals surface area contributed by atoms with Crippen molar-refractivity contribution in [2.24, 2.45) is 5.10 Å². The lowest BCUT2D eigenvalue weighted by atomic mass is 10.2. The minimum Gasteiger partial charge on any atom is -0.292 e. The second-order valence-electron chi connectivity index (χ2n) is 4.15. The molecule has 0 aliphatic carbocycles. The van der Waals surface area contributed by atoms with Crippen molar-refractivity contribution in [1.82, 2.24) is 0 Å². The molecular formula is C17H14N2OS. The maximum absolute atomic E-state index is 11.5. The lowest BCUT2D eigenvalue weighted by molar-refractivity contribution is -0.110. The Balaban J connectivity index is 2.03. The largest absolute Gasteiger partial charge is 0.292 e. The van der Waals surface area contributed by atoms with Crippen LogP contribution in [0.1, 0.15) is 12.5 Å². The van der Waals surface area contributed by atoms with Crippen molar-refractivity contribution >= 4 is 28.3 Å². The highest BCUT2D eigenvalue weighted by Gasteiger charge is 2.05. The van der Waals surface area contributed by atoms with Crippen LogP contribution in [-0.2, 0) is 4.79 Å². The quantitative estimate of drug-likeness (QED) is 0.406. The summed E-state index contributed by atoms with van der Waals surface area (Å²) in [5, 5.41) is 7.33. The van der Waals surface area contributed by atoms with Crippen LogP contribution in [-0.4, -0.2) is 10.8 Å². The van der Waals surface area contributed by atoms with Crippen LogP contribution < -0.4 is 5.43 Å². The molecule has 3 nitrogen and oxygen atoms in total. The summed E-state index contributed by atoms with van der Waals surface area (Å²) in [6.07, 6.45) is 0. The van der Waals surface area contributed by atoms with Gasteiger partial charge in [-0.15, -0.1) is 0 Å². The maximum Gasteiger partial charge on any atom is 0.187 e. The van der Waals surface area contributed by atoms with Gasteiger partial charge in [-0.05, 0) is 41.3 Å². The molecule has 0 bridgehead atoms. The Morgan fingerprint density at radius 3 is 2.29 bits per heavy atom. The van der Waals surface area contributed by atoms with E-state index in [2.05, 4.69) is 21.7 Å². The fourth-order valence-corrected chi connectivity index (χ4v) is 1.96. The third-order valence-corrected chi connectivity index (χ3v) is 3.25. The van der Waals surface area contributed by atoms with Crippen LogP contribution in [0.5, 0.6) is 0 Å². The normalized spacial score (nSPS) is 10.4. The summed E-state index contributed by atoms with van der Waals surface area (Å²) in [7, 11) is 0. The lowest BCUT2D eigenvalue weighted by Crippen LogP contribution is -2.07. The molecule has 2 rings (SSSR count). The highest BCUT2D eigenvalue weighted by Crippen LogP contribution is 2.08. The first-order valence-corrected chi connectivity index (χ1v) is 7.20. The van der Waals surface area contributed by atoms with Gasteiger partial charge < -0.3 is 0 Å². The number of thioether (sulfide) groups is 1. The van der Waals surface area contributed by atoms with Crippen molar-refractivity contribution in [2.75, 3.05) is 5.43 Å².